The highest BCUT2D eigenvalue weighted by Crippen LogP contribution is 2.19. The fraction of sp³-hybridized carbons (Fsp3) is 1.00. The third-order valence-electron chi connectivity index (χ3n) is 3.21. The van der Waals surface area contributed by atoms with Gasteiger partial charge < -0.3 is 15.3 Å². The smallest absolute Gasteiger partial charge is 0.0558 e. The van der Waals surface area contributed by atoms with Crippen molar-refractivity contribution in [3.05, 3.63) is 0 Å². The molecule has 0 aromatic rings. The number of β-amino-alcohol motifs (C(OH)–C–C–N with tert-alkyl or cyclic N) is 1. The molecule has 0 bridgehead atoms. The Balaban J connectivity index is 2.22. The lowest BCUT2D eigenvalue weighted by Crippen LogP contribution is -2.41. The molecule has 13 heavy (non-hydrogen) atoms. The van der Waals surface area contributed by atoms with E-state index in [1.165, 1.54) is 12.8 Å². The van der Waals surface area contributed by atoms with Crippen LogP contribution in [0.15, 0.2) is 0 Å². The third-order valence-corrected chi connectivity index (χ3v) is 3.21. The Morgan fingerprint density at radius 3 is 2.54 bits per heavy atom. The topological polar surface area (TPSA) is 35.5 Å². The Labute approximate surface area is 81.1 Å². The van der Waals surface area contributed by atoms with Crippen LogP contribution in [0.5, 0.6) is 0 Å². The van der Waals surface area contributed by atoms with Gasteiger partial charge in [0.2, 0.25) is 0 Å². The van der Waals surface area contributed by atoms with Gasteiger partial charge in [0.15, 0.2) is 0 Å². The van der Waals surface area contributed by atoms with Gasteiger partial charge in [-0.25, -0.2) is 0 Å². The van der Waals surface area contributed by atoms with Gasteiger partial charge in [0.25, 0.3) is 0 Å². The van der Waals surface area contributed by atoms with Gasteiger partial charge in [0, 0.05) is 12.6 Å². The first-order valence-electron chi connectivity index (χ1n) is 5.28. The van der Waals surface area contributed by atoms with Gasteiger partial charge in [0.05, 0.1) is 6.61 Å². The van der Waals surface area contributed by atoms with Crippen LogP contribution in [0.4, 0.5) is 0 Å². The first-order chi connectivity index (χ1) is 6.27. The molecule has 1 aliphatic rings. The second kappa shape index (κ2) is 5.58. The van der Waals surface area contributed by atoms with E-state index in [-0.39, 0.29) is 0 Å². The molecule has 0 aromatic carbocycles. The molecule has 0 spiro atoms. The van der Waals surface area contributed by atoms with Crippen molar-refractivity contribution in [3.63, 3.8) is 0 Å². The van der Waals surface area contributed by atoms with Crippen molar-refractivity contribution in [1.82, 2.24) is 10.2 Å². The zero-order valence-corrected chi connectivity index (χ0v) is 8.79. The van der Waals surface area contributed by atoms with Gasteiger partial charge in [-0.1, -0.05) is 0 Å². The molecule has 0 aliphatic carbocycles. The van der Waals surface area contributed by atoms with Crippen molar-refractivity contribution in [2.24, 2.45) is 5.92 Å². The second-order valence-corrected chi connectivity index (χ2v) is 3.98. The molecule has 1 aliphatic heterocycles. The highest BCUT2D eigenvalue weighted by atomic mass is 16.3. The maximum absolute atomic E-state index is 8.79. The zero-order valence-electron chi connectivity index (χ0n) is 8.79. The summed E-state index contributed by atoms with van der Waals surface area (Å²) in [6.07, 6.45) is 2.53. The van der Waals surface area contributed by atoms with E-state index in [9.17, 15) is 0 Å². The van der Waals surface area contributed by atoms with Crippen LogP contribution in [0.1, 0.15) is 19.8 Å². The van der Waals surface area contributed by atoms with Crippen molar-refractivity contribution >= 4 is 0 Å². The Kier molecular flexibility index (Phi) is 4.70. The van der Waals surface area contributed by atoms with Crippen LogP contribution in [-0.4, -0.2) is 49.3 Å². The minimum Gasteiger partial charge on any atom is -0.395 e. The fourth-order valence-corrected chi connectivity index (χ4v) is 2.05. The molecule has 3 nitrogen and oxygen atoms in total. The van der Waals surface area contributed by atoms with Crippen molar-refractivity contribution < 1.29 is 5.11 Å². The Bertz CT molecular complexity index is 133. The van der Waals surface area contributed by atoms with Gasteiger partial charge in [-0.2, -0.15) is 0 Å². The molecule has 1 rings (SSSR count). The van der Waals surface area contributed by atoms with Crippen LogP contribution in [0.3, 0.4) is 0 Å². The van der Waals surface area contributed by atoms with E-state index in [1.807, 2.05) is 7.05 Å². The van der Waals surface area contributed by atoms with E-state index >= 15 is 0 Å². The number of hydrogen-bond donors (Lipinski definition) is 2. The summed E-state index contributed by atoms with van der Waals surface area (Å²) < 4.78 is 0. The first-order valence-corrected chi connectivity index (χ1v) is 5.28. The number of nitrogens with one attached hydrogen (secondary N) is 1. The van der Waals surface area contributed by atoms with E-state index < -0.39 is 0 Å². The molecule has 1 fully saturated rings. The molecule has 0 aromatic heterocycles. The highest BCUT2D eigenvalue weighted by Gasteiger charge is 2.22. The van der Waals surface area contributed by atoms with E-state index in [1.54, 1.807) is 0 Å². The van der Waals surface area contributed by atoms with Gasteiger partial charge >= 0.3 is 0 Å². The van der Waals surface area contributed by atoms with Crippen LogP contribution in [-0.2, 0) is 0 Å². The number of nitrogens with zero attached hydrogens (tertiary/aromatic N) is 1. The van der Waals surface area contributed by atoms with Gasteiger partial charge in [0.1, 0.15) is 0 Å². The van der Waals surface area contributed by atoms with Crippen molar-refractivity contribution in [1.29, 1.82) is 0 Å². The molecule has 0 amide bonds. The van der Waals surface area contributed by atoms with Crippen LogP contribution in [0, 0.1) is 5.92 Å². The number of aliphatic hydroxyl groups excluding tert-OH is 1. The molecule has 1 atom stereocenters. The summed E-state index contributed by atoms with van der Waals surface area (Å²) >= 11 is 0. The van der Waals surface area contributed by atoms with Crippen molar-refractivity contribution in [2.75, 3.05) is 33.3 Å². The monoisotopic (exact) mass is 186 g/mol. The Morgan fingerprint density at radius 2 is 2.08 bits per heavy atom. The lowest BCUT2D eigenvalue weighted by Gasteiger charge is -2.34. The standard InChI is InChI=1S/C10H22N2O/c1-9(11-2)10-3-5-12(6-4-10)7-8-13/h9-11,13H,3-8H2,1-2H3. The van der Waals surface area contributed by atoms with Crippen LogP contribution in [0.25, 0.3) is 0 Å². The van der Waals surface area contributed by atoms with Crippen molar-refractivity contribution in [3.8, 4) is 0 Å². The Morgan fingerprint density at radius 1 is 1.46 bits per heavy atom. The lowest BCUT2D eigenvalue weighted by atomic mass is 9.90. The van der Waals surface area contributed by atoms with Gasteiger partial charge in [-0.3, -0.25) is 0 Å². The summed E-state index contributed by atoms with van der Waals surface area (Å²) in [5.41, 5.74) is 0. The third kappa shape index (κ3) is 3.25. The molecule has 78 valence electrons. The molecule has 2 N–H and O–H groups in total. The average Bonchev–Trinajstić information content (AvgIpc) is 2.18. The first kappa shape index (κ1) is 11.0. The predicted molar refractivity (Wildman–Crippen MR) is 54.8 cm³/mol. The minimum atomic E-state index is 0.298. The normalized spacial score (nSPS) is 23.3. The van der Waals surface area contributed by atoms with E-state index in [0.717, 1.165) is 25.6 Å². The minimum absolute atomic E-state index is 0.298. The summed E-state index contributed by atoms with van der Waals surface area (Å²) in [7, 11) is 2.03. The van der Waals surface area contributed by atoms with E-state index in [2.05, 4.69) is 17.1 Å². The Hall–Kier alpha value is -0.120. The maximum Gasteiger partial charge on any atom is 0.0558 e. The van der Waals surface area contributed by atoms with Crippen LogP contribution < -0.4 is 5.32 Å². The molecular weight excluding hydrogens is 164 g/mol. The summed E-state index contributed by atoms with van der Waals surface area (Å²) in [6, 6.07) is 0.635. The molecule has 1 heterocycles. The number of likely N-dealkylation sites (tertiary alicyclic amines) is 1. The number of piperidine rings is 1. The number of rotatable bonds is 4. The summed E-state index contributed by atoms with van der Waals surface area (Å²) in [4.78, 5) is 2.35. The predicted octanol–water partition coefficient (Wildman–Crippen LogP) is 0.299. The summed E-state index contributed by atoms with van der Waals surface area (Å²) in [5, 5.41) is 12.1. The van der Waals surface area contributed by atoms with Crippen molar-refractivity contribution in [2.45, 2.75) is 25.8 Å². The quantitative estimate of drug-likeness (QED) is 0.663. The number of aliphatic hydroxyl groups is 1. The van der Waals surface area contributed by atoms with E-state index in [4.69, 9.17) is 5.11 Å². The molecule has 0 radical (unpaired) electrons. The average molecular weight is 186 g/mol. The van der Waals surface area contributed by atoms with E-state index in [0.29, 0.717) is 12.6 Å². The van der Waals surface area contributed by atoms with Gasteiger partial charge in [-0.15, -0.1) is 0 Å². The fourth-order valence-electron chi connectivity index (χ4n) is 2.05. The molecule has 3 heteroatoms. The molecular formula is C10H22N2O. The highest BCUT2D eigenvalue weighted by molar-refractivity contribution is 4.78. The lowest BCUT2D eigenvalue weighted by molar-refractivity contribution is 0.136. The van der Waals surface area contributed by atoms with Gasteiger partial charge in [-0.05, 0) is 45.8 Å². The second-order valence-electron chi connectivity index (χ2n) is 3.98. The molecule has 1 saturated heterocycles. The van der Waals surface area contributed by atoms with Crippen LogP contribution >= 0.6 is 0 Å². The molecule has 1 unspecified atom stereocenters. The summed E-state index contributed by atoms with van der Waals surface area (Å²) in [5.74, 6) is 0.819. The number of hydrogen-bond acceptors (Lipinski definition) is 3. The molecule has 0 saturated carbocycles. The zero-order chi connectivity index (χ0) is 9.68. The summed E-state index contributed by atoms with van der Waals surface area (Å²) in [6.45, 7) is 5.70. The maximum atomic E-state index is 8.79. The van der Waals surface area contributed by atoms with Crippen LogP contribution in [0.2, 0.25) is 0 Å². The SMILES string of the molecule is CNC(C)C1CCN(CCO)CC1. The largest absolute Gasteiger partial charge is 0.395 e.